The van der Waals surface area contributed by atoms with Gasteiger partial charge in [0.2, 0.25) is 5.91 Å². The van der Waals surface area contributed by atoms with Gasteiger partial charge in [0.25, 0.3) is 0 Å². The average Bonchev–Trinajstić information content (AvgIpc) is 2.35. The van der Waals surface area contributed by atoms with Crippen molar-refractivity contribution in [1.29, 1.82) is 0 Å². The fraction of sp³-hybridized carbons (Fsp3) is 0.588. The maximum Gasteiger partial charge on any atom is 0.240 e. The Labute approximate surface area is 122 Å². The molecule has 0 saturated carbocycles. The highest BCUT2D eigenvalue weighted by atomic mass is 16.2. The van der Waals surface area contributed by atoms with Crippen LogP contribution in [0.25, 0.3) is 0 Å². The van der Waals surface area contributed by atoms with Gasteiger partial charge in [-0.15, -0.1) is 0 Å². The van der Waals surface area contributed by atoms with E-state index in [0.717, 1.165) is 19.6 Å². The summed E-state index contributed by atoms with van der Waals surface area (Å²) >= 11 is 0. The molecule has 0 aromatic heterocycles. The molecule has 110 valence electrons. The van der Waals surface area contributed by atoms with Crippen LogP contribution in [0.15, 0.2) is 24.3 Å². The molecule has 0 radical (unpaired) electrons. The number of benzene rings is 1. The van der Waals surface area contributed by atoms with E-state index in [-0.39, 0.29) is 11.3 Å². The van der Waals surface area contributed by atoms with Crippen molar-refractivity contribution in [2.75, 3.05) is 13.1 Å². The van der Waals surface area contributed by atoms with Crippen LogP contribution in [0, 0.1) is 0 Å². The Kier molecular flexibility index (Phi) is 3.92. The highest BCUT2D eigenvalue weighted by Crippen LogP contribution is 2.24. The van der Waals surface area contributed by atoms with Gasteiger partial charge in [-0.3, -0.25) is 9.69 Å². The maximum atomic E-state index is 11.9. The summed E-state index contributed by atoms with van der Waals surface area (Å²) in [5, 5.41) is 2.94. The van der Waals surface area contributed by atoms with Crippen molar-refractivity contribution in [2.45, 2.75) is 52.1 Å². The van der Waals surface area contributed by atoms with Crippen molar-refractivity contribution in [2.24, 2.45) is 0 Å². The van der Waals surface area contributed by atoms with Crippen molar-refractivity contribution in [1.82, 2.24) is 10.2 Å². The zero-order valence-corrected chi connectivity index (χ0v) is 13.3. The predicted molar refractivity (Wildman–Crippen MR) is 82.6 cm³/mol. The van der Waals surface area contributed by atoms with E-state index in [4.69, 9.17) is 0 Å². The van der Waals surface area contributed by atoms with E-state index in [1.807, 2.05) is 13.8 Å². The summed E-state index contributed by atoms with van der Waals surface area (Å²) < 4.78 is 0. The molecule has 1 aliphatic heterocycles. The molecule has 2 rings (SSSR count). The fourth-order valence-electron chi connectivity index (χ4n) is 2.55. The van der Waals surface area contributed by atoms with Gasteiger partial charge in [0.1, 0.15) is 0 Å². The van der Waals surface area contributed by atoms with Gasteiger partial charge in [-0.2, -0.15) is 0 Å². The molecule has 1 aromatic rings. The summed E-state index contributed by atoms with van der Waals surface area (Å²) in [7, 11) is 0. The second-order valence-corrected chi connectivity index (χ2v) is 7.18. The summed E-state index contributed by atoms with van der Waals surface area (Å²) in [6, 6.07) is 8.77. The minimum atomic E-state index is -0.430. The second kappa shape index (κ2) is 5.21. The number of nitrogens with zero attached hydrogens (tertiary/aromatic N) is 1. The Balaban J connectivity index is 2.12. The molecule has 1 amide bonds. The van der Waals surface area contributed by atoms with Crippen LogP contribution < -0.4 is 5.32 Å². The van der Waals surface area contributed by atoms with Crippen molar-refractivity contribution in [3.05, 3.63) is 35.4 Å². The van der Waals surface area contributed by atoms with Crippen molar-refractivity contribution < 1.29 is 4.79 Å². The van der Waals surface area contributed by atoms with E-state index in [9.17, 15) is 4.79 Å². The molecule has 3 heteroatoms. The summed E-state index contributed by atoms with van der Waals surface area (Å²) in [4.78, 5) is 14.2. The van der Waals surface area contributed by atoms with Crippen LogP contribution in [-0.4, -0.2) is 29.4 Å². The lowest BCUT2D eigenvalue weighted by Crippen LogP contribution is -2.61. The molecular weight excluding hydrogens is 248 g/mol. The number of amides is 1. The Morgan fingerprint density at radius 2 is 1.80 bits per heavy atom. The molecule has 1 heterocycles. The molecule has 1 N–H and O–H groups in total. The van der Waals surface area contributed by atoms with Crippen LogP contribution in [0.4, 0.5) is 0 Å². The quantitative estimate of drug-likeness (QED) is 0.899. The van der Waals surface area contributed by atoms with E-state index in [1.54, 1.807) is 0 Å². The molecule has 3 nitrogen and oxygen atoms in total. The largest absolute Gasteiger partial charge is 0.353 e. The lowest BCUT2D eigenvalue weighted by atomic mass is 9.86. The van der Waals surface area contributed by atoms with Gasteiger partial charge in [0.15, 0.2) is 0 Å². The van der Waals surface area contributed by atoms with Crippen LogP contribution in [0.2, 0.25) is 0 Å². The third-order valence-corrected chi connectivity index (χ3v) is 4.21. The van der Waals surface area contributed by atoms with E-state index < -0.39 is 5.54 Å². The Hall–Kier alpha value is -1.35. The molecule has 1 fully saturated rings. The molecular formula is C17H26N2O. The first-order valence-corrected chi connectivity index (χ1v) is 7.34. The zero-order chi connectivity index (χ0) is 15.0. The molecule has 0 aliphatic carbocycles. The summed E-state index contributed by atoms with van der Waals surface area (Å²) in [5.74, 6) is 0.120. The van der Waals surface area contributed by atoms with Gasteiger partial charge in [0.05, 0.1) is 5.54 Å². The van der Waals surface area contributed by atoms with Crippen LogP contribution in [0.1, 0.15) is 45.7 Å². The summed E-state index contributed by atoms with van der Waals surface area (Å²) in [6.45, 7) is 13.1. The number of hydrogen-bond acceptors (Lipinski definition) is 2. The molecule has 0 atom stereocenters. The molecule has 20 heavy (non-hydrogen) atoms. The van der Waals surface area contributed by atoms with E-state index in [2.05, 4.69) is 55.3 Å². The first kappa shape index (κ1) is 15.0. The summed E-state index contributed by atoms with van der Waals surface area (Å²) in [5.41, 5.74) is 2.36. The number of piperazine rings is 1. The highest BCUT2D eigenvalue weighted by Gasteiger charge is 2.37. The van der Waals surface area contributed by atoms with Crippen LogP contribution in [0.3, 0.4) is 0 Å². The predicted octanol–water partition coefficient (Wildman–Crippen LogP) is 2.69. The second-order valence-electron chi connectivity index (χ2n) is 7.18. The number of carbonyl (C=O) groups excluding carboxylic acids is 1. The minimum absolute atomic E-state index is 0.120. The normalized spacial score (nSPS) is 19.8. The van der Waals surface area contributed by atoms with E-state index in [0.29, 0.717) is 0 Å². The highest BCUT2D eigenvalue weighted by molar-refractivity contribution is 5.86. The number of hydrogen-bond donors (Lipinski definition) is 1. The van der Waals surface area contributed by atoms with Gasteiger partial charge in [-0.25, -0.2) is 0 Å². The molecule has 0 bridgehead atoms. The lowest BCUT2D eigenvalue weighted by molar-refractivity contribution is -0.135. The van der Waals surface area contributed by atoms with E-state index in [1.165, 1.54) is 11.1 Å². The number of rotatable bonds is 2. The SMILES string of the molecule is CC(C)(C)c1ccc(CN2CCNC(=O)C2(C)C)cc1. The number of carbonyl (C=O) groups is 1. The topological polar surface area (TPSA) is 32.3 Å². The Bertz CT molecular complexity index is 483. The van der Waals surface area contributed by atoms with Gasteiger partial charge in [-0.05, 0) is 30.4 Å². The van der Waals surface area contributed by atoms with Gasteiger partial charge in [-0.1, -0.05) is 45.0 Å². The first-order chi connectivity index (χ1) is 9.21. The maximum absolute atomic E-state index is 11.9. The minimum Gasteiger partial charge on any atom is -0.353 e. The molecule has 1 saturated heterocycles. The van der Waals surface area contributed by atoms with Gasteiger partial charge in [0, 0.05) is 19.6 Å². The van der Waals surface area contributed by atoms with E-state index >= 15 is 0 Å². The van der Waals surface area contributed by atoms with Crippen LogP contribution >= 0.6 is 0 Å². The molecule has 0 unspecified atom stereocenters. The van der Waals surface area contributed by atoms with Crippen molar-refractivity contribution >= 4 is 5.91 Å². The molecule has 0 spiro atoms. The fourth-order valence-corrected chi connectivity index (χ4v) is 2.55. The van der Waals surface area contributed by atoms with Gasteiger partial charge < -0.3 is 5.32 Å². The van der Waals surface area contributed by atoms with Crippen molar-refractivity contribution in [3.63, 3.8) is 0 Å². The first-order valence-electron chi connectivity index (χ1n) is 7.34. The molecule has 1 aliphatic rings. The Morgan fingerprint density at radius 3 is 2.35 bits per heavy atom. The summed E-state index contributed by atoms with van der Waals surface area (Å²) in [6.07, 6.45) is 0. The third kappa shape index (κ3) is 3.04. The average molecular weight is 274 g/mol. The van der Waals surface area contributed by atoms with Crippen LogP contribution in [-0.2, 0) is 16.8 Å². The van der Waals surface area contributed by atoms with Crippen LogP contribution in [0.5, 0.6) is 0 Å². The monoisotopic (exact) mass is 274 g/mol. The Morgan fingerprint density at radius 1 is 1.20 bits per heavy atom. The third-order valence-electron chi connectivity index (χ3n) is 4.21. The zero-order valence-electron chi connectivity index (χ0n) is 13.3. The smallest absolute Gasteiger partial charge is 0.240 e. The number of nitrogens with one attached hydrogen (secondary N) is 1. The van der Waals surface area contributed by atoms with Crippen molar-refractivity contribution in [3.8, 4) is 0 Å². The standard InChI is InChI=1S/C17H26N2O/c1-16(2,3)14-8-6-13(7-9-14)12-19-11-10-18-15(20)17(19,4)5/h6-9H,10-12H2,1-5H3,(H,18,20). The molecule has 1 aromatic carbocycles. The van der Waals surface area contributed by atoms with Gasteiger partial charge >= 0.3 is 0 Å². The lowest BCUT2D eigenvalue weighted by Gasteiger charge is -2.41.